The Hall–Kier alpha value is -0.990. The summed E-state index contributed by atoms with van der Waals surface area (Å²) in [7, 11) is 0. The summed E-state index contributed by atoms with van der Waals surface area (Å²) in [5, 5.41) is 11.3. The quantitative estimate of drug-likeness (QED) is 0.319. The Balaban J connectivity index is 2.14. The van der Waals surface area contributed by atoms with Crippen LogP contribution in [0.3, 0.4) is 0 Å². The minimum Gasteiger partial charge on any atom is -0.619 e. The highest BCUT2D eigenvalue weighted by atomic mass is 32.2. The van der Waals surface area contributed by atoms with E-state index in [0.29, 0.717) is 18.1 Å². The van der Waals surface area contributed by atoms with Crippen LogP contribution in [-0.4, -0.2) is 38.4 Å². The molecule has 0 radical (unpaired) electrons. The van der Waals surface area contributed by atoms with E-state index in [4.69, 9.17) is 4.74 Å². The number of thioether (sulfide) groups is 1. The lowest BCUT2D eigenvalue weighted by Gasteiger charge is -2.09. The highest BCUT2D eigenvalue weighted by molar-refractivity contribution is 7.99. The molecule has 0 unspecified atom stereocenters. The van der Waals surface area contributed by atoms with Crippen LogP contribution in [0.25, 0.3) is 0 Å². The Kier molecular flexibility index (Phi) is 7.27. The Labute approximate surface area is 125 Å². The average molecular weight is 325 g/mol. The number of aromatic nitrogens is 1. The summed E-state index contributed by atoms with van der Waals surface area (Å²) in [6.45, 7) is 2.79. The van der Waals surface area contributed by atoms with E-state index in [1.165, 1.54) is 18.0 Å². The van der Waals surface area contributed by atoms with Crippen LogP contribution in [0.2, 0.25) is 0 Å². The van der Waals surface area contributed by atoms with Gasteiger partial charge in [-0.3, -0.25) is 0 Å². The van der Waals surface area contributed by atoms with Crippen LogP contribution in [0.15, 0.2) is 17.2 Å². The van der Waals surface area contributed by atoms with Crippen LogP contribution in [0.1, 0.15) is 11.3 Å². The molecule has 8 heteroatoms. The molecular formula is C13H18F3NO3S. The first-order valence-corrected chi connectivity index (χ1v) is 7.33. The van der Waals surface area contributed by atoms with Crippen molar-refractivity contribution in [1.29, 1.82) is 0 Å². The molecular weight excluding hydrogens is 307 g/mol. The van der Waals surface area contributed by atoms with Crippen LogP contribution < -0.4 is 4.73 Å². The van der Waals surface area contributed by atoms with Gasteiger partial charge in [-0.15, -0.1) is 11.8 Å². The standard InChI is InChI=1S/C13H18F3NO3S/c1-10-8-17(18)11(2)7-12(10)21-6-5-19-3-4-20-9-13(14,15)16/h7-8H,3-6,9H2,1-2H3. The first-order valence-electron chi connectivity index (χ1n) is 6.35. The molecule has 0 saturated heterocycles. The lowest BCUT2D eigenvalue weighted by atomic mass is 10.3. The predicted octanol–water partition coefficient (Wildman–Crippen LogP) is 2.62. The monoisotopic (exact) mass is 325 g/mol. The van der Waals surface area contributed by atoms with Crippen molar-refractivity contribution in [2.24, 2.45) is 0 Å². The van der Waals surface area contributed by atoms with Gasteiger partial charge in [0.05, 0.1) is 19.8 Å². The van der Waals surface area contributed by atoms with Gasteiger partial charge in [-0.25, -0.2) is 0 Å². The number of hydrogen-bond donors (Lipinski definition) is 0. The summed E-state index contributed by atoms with van der Waals surface area (Å²) < 4.78 is 45.8. The number of nitrogens with zero attached hydrogens (tertiary/aromatic N) is 1. The number of hydrogen-bond acceptors (Lipinski definition) is 4. The first-order chi connectivity index (χ1) is 9.79. The highest BCUT2D eigenvalue weighted by Crippen LogP contribution is 2.21. The van der Waals surface area contributed by atoms with Crippen LogP contribution >= 0.6 is 11.8 Å². The molecule has 0 amide bonds. The van der Waals surface area contributed by atoms with E-state index >= 15 is 0 Å². The Morgan fingerprint density at radius 1 is 1.19 bits per heavy atom. The molecule has 0 saturated carbocycles. The molecule has 0 bridgehead atoms. The maximum Gasteiger partial charge on any atom is 0.411 e. The number of rotatable bonds is 8. The number of halogens is 3. The topological polar surface area (TPSA) is 45.4 Å². The summed E-state index contributed by atoms with van der Waals surface area (Å²) in [6.07, 6.45) is -2.78. The zero-order chi connectivity index (χ0) is 15.9. The SMILES string of the molecule is Cc1c[n+]([O-])c(C)cc1SCCOCCOCC(F)(F)F. The number of alkyl halides is 3. The van der Waals surface area contributed by atoms with Crippen molar-refractivity contribution in [2.75, 3.05) is 32.2 Å². The fourth-order valence-electron chi connectivity index (χ4n) is 1.48. The molecule has 1 rings (SSSR count). The van der Waals surface area contributed by atoms with Crippen molar-refractivity contribution >= 4 is 11.8 Å². The zero-order valence-electron chi connectivity index (χ0n) is 11.9. The van der Waals surface area contributed by atoms with Crippen LogP contribution in [-0.2, 0) is 9.47 Å². The van der Waals surface area contributed by atoms with E-state index in [-0.39, 0.29) is 13.2 Å². The summed E-state index contributed by atoms with van der Waals surface area (Å²) in [5.41, 5.74) is 1.50. The van der Waals surface area contributed by atoms with Gasteiger partial charge in [0.25, 0.3) is 0 Å². The second kappa shape index (κ2) is 8.45. The third-order valence-electron chi connectivity index (χ3n) is 2.51. The van der Waals surface area contributed by atoms with Gasteiger partial charge in [0.15, 0.2) is 11.9 Å². The molecule has 0 aliphatic rings. The van der Waals surface area contributed by atoms with Crippen molar-refractivity contribution in [1.82, 2.24) is 0 Å². The van der Waals surface area contributed by atoms with Gasteiger partial charge >= 0.3 is 6.18 Å². The second-order valence-corrected chi connectivity index (χ2v) is 5.55. The molecule has 0 aliphatic carbocycles. The van der Waals surface area contributed by atoms with Crippen molar-refractivity contribution < 1.29 is 27.4 Å². The van der Waals surface area contributed by atoms with E-state index in [0.717, 1.165) is 15.2 Å². The van der Waals surface area contributed by atoms with Gasteiger partial charge in [0.2, 0.25) is 0 Å². The molecule has 1 aromatic heterocycles. The van der Waals surface area contributed by atoms with Gasteiger partial charge < -0.3 is 14.7 Å². The van der Waals surface area contributed by atoms with Crippen molar-refractivity contribution in [3.63, 3.8) is 0 Å². The molecule has 0 spiro atoms. The second-order valence-electron chi connectivity index (χ2n) is 4.42. The third-order valence-corrected chi connectivity index (χ3v) is 3.63. The Bertz CT molecular complexity index is 455. The smallest absolute Gasteiger partial charge is 0.411 e. The summed E-state index contributed by atoms with van der Waals surface area (Å²) in [4.78, 5) is 0.997. The van der Waals surface area contributed by atoms with Gasteiger partial charge in [-0.2, -0.15) is 17.9 Å². The van der Waals surface area contributed by atoms with E-state index in [1.54, 1.807) is 13.0 Å². The molecule has 0 N–H and O–H groups in total. The van der Waals surface area contributed by atoms with Crippen molar-refractivity contribution in [3.8, 4) is 0 Å². The zero-order valence-corrected chi connectivity index (χ0v) is 12.7. The van der Waals surface area contributed by atoms with Crippen molar-refractivity contribution in [3.05, 3.63) is 28.7 Å². The molecule has 1 aromatic rings. The van der Waals surface area contributed by atoms with E-state index in [9.17, 15) is 18.4 Å². The maximum atomic E-state index is 11.8. The fraction of sp³-hybridized carbons (Fsp3) is 0.615. The average Bonchev–Trinajstić information content (AvgIpc) is 2.37. The molecule has 120 valence electrons. The lowest BCUT2D eigenvalue weighted by Crippen LogP contribution is -2.29. The largest absolute Gasteiger partial charge is 0.619 e. The van der Waals surface area contributed by atoms with Gasteiger partial charge in [-0.05, 0) is 6.92 Å². The minimum atomic E-state index is -4.29. The summed E-state index contributed by atoms with van der Waals surface area (Å²) in [5.74, 6) is 0.655. The highest BCUT2D eigenvalue weighted by Gasteiger charge is 2.27. The first kappa shape index (κ1) is 18.1. The van der Waals surface area contributed by atoms with Crippen molar-refractivity contribution in [2.45, 2.75) is 24.9 Å². The van der Waals surface area contributed by atoms with E-state index in [1.807, 2.05) is 6.92 Å². The fourth-order valence-corrected chi connectivity index (χ4v) is 2.44. The predicted molar refractivity (Wildman–Crippen MR) is 73.3 cm³/mol. The van der Waals surface area contributed by atoms with Gasteiger partial charge in [-0.1, -0.05) is 0 Å². The van der Waals surface area contributed by atoms with Gasteiger partial charge in [0.1, 0.15) is 6.61 Å². The molecule has 0 aliphatic heterocycles. The number of aryl methyl sites for hydroxylation is 2. The Morgan fingerprint density at radius 3 is 2.52 bits per heavy atom. The van der Waals surface area contributed by atoms with E-state index < -0.39 is 12.8 Å². The third kappa shape index (κ3) is 7.54. The molecule has 0 fully saturated rings. The number of ether oxygens (including phenoxy) is 2. The molecule has 0 atom stereocenters. The maximum absolute atomic E-state index is 11.8. The van der Waals surface area contributed by atoms with Crippen LogP contribution in [0.4, 0.5) is 13.2 Å². The normalized spacial score (nSPS) is 11.9. The molecule has 4 nitrogen and oxygen atoms in total. The lowest BCUT2D eigenvalue weighted by molar-refractivity contribution is -0.613. The van der Waals surface area contributed by atoms with Gasteiger partial charge in [0, 0.05) is 29.2 Å². The van der Waals surface area contributed by atoms with Crippen LogP contribution in [0.5, 0.6) is 0 Å². The summed E-state index contributed by atoms with van der Waals surface area (Å²) >= 11 is 1.54. The van der Waals surface area contributed by atoms with Crippen LogP contribution in [0, 0.1) is 19.1 Å². The Morgan fingerprint density at radius 2 is 1.86 bits per heavy atom. The molecule has 0 aromatic carbocycles. The summed E-state index contributed by atoms with van der Waals surface area (Å²) in [6, 6.07) is 1.81. The number of pyridine rings is 1. The van der Waals surface area contributed by atoms with E-state index in [2.05, 4.69) is 4.74 Å². The minimum absolute atomic E-state index is 0.0795. The molecule has 21 heavy (non-hydrogen) atoms. The molecule has 1 heterocycles.